The predicted octanol–water partition coefficient (Wildman–Crippen LogP) is 2.15. The normalized spacial score (nSPS) is 30.6. The highest BCUT2D eigenvalue weighted by Crippen LogP contribution is 2.33. The van der Waals surface area contributed by atoms with Gasteiger partial charge in [-0.2, -0.15) is 5.10 Å². The Balaban J connectivity index is 1.96. The SMILES string of the molecule is CCC1CCC(O)C(Cc2cnn(C)c2)C1. The Labute approximate surface area is 97.5 Å². The number of hydrogen-bond donors (Lipinski definition) is 1. The Kier molecular flexibility index (Phi) is 3.64. The minimum Gasteiger partial charge on any atom is -0.393 e. The van der Waals surface area contributed by atoms with Crippen LogP contribution in [-0.2, 0) is 13.5 Å². The van der Waals surface area contributed by atoms with Gasteiger partial charge in [0.1, 0.15) is 0 Å². The molecule has 0 spiro atoms. The topological polar surface area (TPSA) is 38.1 Å². The summed E-state index contributed by atoms with van der Waals surface area (Å²) in [5, 5.41) is 14.2. The summed E-state index contributed by atoms with van der Waals surface area (Å²) in [6, 6.07) is 0. The van der Waals surface area contributed by atoms with E-state index in [1.807, 2.05) is 17.9 Å². The largest absolute Gasteiger partial charge is 0.393 e. The van der Waals surface area contributed by atoms with Crippen molar-refractivity contribution in [2.45, 2.75) is 45.1 Å². The van der Waals surface area contributed by atoms with Crippen molar-refractivity contribution in [2.75, 3.05) is 0 Å². The molecule has 1 aliphatic carbocycles. The number of aromatic nitrogens is 2. The van der Waals surface area contributed by atoms with E-state index in [1.54, 1.807) is 0 Å². The summed E-state index contributed by atoms with van der Waals surface area (Å²) in [4.78, 5) is 0. The maximum absolute atomic E-state index is 10.0. The molecule has 0 bridgehead atoms. The van der Waals surface area contributed by atoms with Gasteiger partial charge < -0.3 is 5.11 Å². The highest BCUT2D eigenvalue weighted by Gasteiger charge is 2.28. The third-order valence-electron chi connectivity index (χ3n) is 3.88. The Bertz CT molecular complexity index is 334. The van der Waals surface area contributed by atoms with E-state index in [1.165, 1.54) is 24.8 Å². The van der Waals surface area contributed by atoms with Crippen LogP contribution in [0.2, 0.25) is 0 Å². The molecule has 2 rings (SSSR count). The molecule has 16 heavy (non-hydrogen) atoms. The van der Waals surface area contributed by atoms with Crippen LogP contribution in [0.3, 0.4) is 0 Å². The average Bonchev–Trinajstić information content (AvgIpc) is 2.67. The van der Waals surface area contributed by atoms with Gasteiger partial charge >= 0.3 is 0 Å². The van der Waals surface area contributed by atoms with E-state index < -0.39 is 0 Å². The molecule has 3 nitrogen and oxygen atoms in total. The molecular formula is C13H22N2O. The first-order chi connectivity index (χ1) is 7.69. The number of nitrogens with zero attached hydrogens (tertiary/aromatic N) is 2. The highest BCUT2D eigenvalue weighted by atomic mass is 16.3. The summed E-state index contributed by atoms with van der Waals surface area (Å²) < 4.78 is 1.84. The smallest absolute Gasteiger partial charge is 0.0571 e. The van der Waals surface area contributed by atoms with E-state index in [0.717, 1.165) is 18.8 Å². The molecule has 1 N–H and O–H groups in total. The van der Waals surface area contributed by atoms with Gasteiger partial charge in [-0.25, -0.2) is 0 Å². The van der Waals surface area contributed by atoms with Crippen molar-refractivity contribution >= 4 is 0 Å². The lowest BCUT2D eigenvalue weighted by atomic mass is 9.76. The summed E-state index contributed by atoms with van der Waals surface area (Å²) in [7, 11) is 1.94. The zero-order valence-corrected chi connectivity index (χ0v) is 10.3. The van der Waals surface area contributed by atoms with E-state index in [9.17, 15) is 5.11 Å². The van der Waals surface area contributed by atoms with Crippen molar-refractivity contribution in [3.05, 3.63) is 18.0 Å². The maximum Gasteiger partial charge on any atom is 0.0571 e. The van der Waals surface area contributed by atoms with Crippen LogP contribution in [0.4, 0.5) is 0 Å². The summed E-state index contributed by atoms with van der Waals surface area (Å²) in [5.74, 6) is 1.24. The van der Waals surface area contributed by atoms with Crippen molar-refractivity contribution in [1.82, 2.24) is 9.78 Å². The summed E-state index contributed by atoms with van der Waals surface area (Å²) >= 11 is 0. The number of rotatable bonds is 3. The fourth-order valence-corrected chi connectivity index (χ4v) is 2.82. The van der Waals surface area contributed by atoms with Crippen molar-refractivity contribution in [3.63, 3.8) is 0 Å². The first kappa shape index (κ1) is 11.6. The van der Waals surface area contributed by atoms with Gasteiger partial charge in [0.25, 0.3) is 0 Å². The lowest BCUT2D eigenvalue weighted by Gasteiger charge is -2.32. The minimum atomic E-state index is -0.108. The van der Waals surface area contributed by atoms with E-state index in [-0.39, 0.29) is 6.10 Å². The second-order valence-electron chi connectivity index (χ2n) is 5.14. The number of aryl methyl sites for hydroxylation is 1. The highest BCUT2D eigenvalue weighted by molar-refractivity contribution is 5.06. The van der Waals surface area contributed by atoms with Crippen molar-refractivity contribution in [2.24, 2.45) is 18.9 Å². The Morgan fingerprint density at radius 2 is 2.31 bits per heavy atom. The van der Waals surface area contributed by atoms with Crippen LogP contribution in [0.25, 0.3) is 0 Å². The first-order valence-electron chi connectivity index (χ1n) is 6.34. The molecule has 1 aliphatic rings. The zero-order valence-electron chi connectivity index (χ0n) is 10.3. The molecule has 1 heterocycles. The van der Waals surface area contributed by atoms with Gasteiger partial charge in [-0.05, 0) is 43.1 Å². The van der Waals surface area contributed by atoms with Gasteiger partial charge in [0.15, 0.2) is 0 Å². The molecule has 1 aromatic rings. The van der Waals surface area contributed by atoms with Crippen LogP contribution >= 0.6 is 0 Å². The fourth-order valence-electron chi connectivity index (χ4n) is 2.82. The molecule has 3 atom stereocenters. The lowest BCUT2D eigenvalue weighted by molar-refractivity contribution is 0.0475. The lowest BCUT2D eigenvalue weighted by Crippen LogP contribution is -2.30. The Hall–Kier alpha value is -0.830. The van der Waals surface area contributed by atoms with Crippen LogP contribution in [0.5, 0.6) is 0 Å². The van der Waals surface area contributed by atoms with Crippen LogP contribution in [0, 0.1) is 11.8 Å². The maximum atomic E-state index is 10.0. The van der Waals surface area contributed by atoms with Crippen molar-refractivity contribution in [1.29, 1.82) is 0 Å². The molecule has 3 unspecified atom stereocenters. The summed E-state index contributed by atoms with van der Waals surface area (Å²) in [5.41, 5.74) is 1.25. The van der Waals surface area contributed by atoms with Crippen molar-refractivity contribution < 1.29 is 5.11 Å². The molecular weight excluding hydrogens is 200 g/mol. The molecule has 0 aliphatic heterocycles. The van der Waals surface area contributed by atoms with Crippen LogP contribution in [0.15, 0.2) is 12.4 Å². The third-order valence-corrected chi connectivity index (χ3v) is 3.88. The van der Waals surface area contributed by atoms with Gasteiger partial charge in [0.05, 0.1) is 12.3 Å². The van der Waals surface area contributed by atoms with Crippen LogP contribution < -0.4 is 0 Å². The molecule has 1 aromatic heterocycles. The van der Waals surface area contributed by atoms with E-state index in [4.69, 9.17) is 0 Å². The molecule has 90 valence electrons. The molecule has 3 heteroatoms. The van der Waals surface area contributed by atoms with Crippen LogP contribution in [-0.4, -0.2) is 21.0 Å². The first-order valence-corrected chi connectivity index (χ1v) is 6.34. The molecule has 0 amide bonds. The van der Waals surface area contributed by atoms with Gasteiger partial charge in [-0.15, -0.1) is 0 Å². The summed E-state index contributed by atoms with van der Waals surface area (Å²) in [6.45, 7) is 2.25. The van der Waals surface area contributed by atoms with Gasteiger partial charge in [-0.3, -0.25) is 4.68 Å². The van der Waals surface area contributed by atoms with Gasteiger partial charge in [0.2, 0.25) is 0 Å². The predicted molar refractivity (Wildman–Crippen MR) is 64.0 cm³/mol. The molecule has 1 saturated carbocycles. The second-order valence-corrected chi connectivity index (χ2v) is 5.14. The molecule has 0 radical (unpaired) electrons. The molecule has 1 fully saturated rings. The Morgan fingerprint density at radius 1 is 1.50 bits per heavy atom. The summed E-state index contributed by atoms with van der Waals surface area (Å²) in [6.07, 6.45) is 9.44. The quantitative estimate of drug-likeness (QED) is 0.851. The second kappa shape index (κ2) is 5.00. The third kappa shape index (κ3) is 2.64. The minimum absolute atomic E-state index is 0.108. The van der Waals surface area contributed by atoms with Crippen molar-refractivity contribution in [3.8, 4) is 0 Å². The Morgan fingerprint density at radius 3 is 2.94 bits per heavy atom. The number of hydrogen-bond acceptors (Lipinski definition) is 2. The number of aliphatic hydroxyl groups is 1. The van der Waals surface area contributed by atoms with E-state index in [2.05, 4.69) is 18.2 Å². The van der Waals surface area contributed by atoms with Gasteiger partial charge in [0, 0.05) is 13.2 Å². The van der Waals surface area contributed by atoms with E-state index >= 15 is 0 Å². The van der Waals surface area contributed by atoms with Gasteiger partial charge in [-0.1, -0.05) is 13.3 Å². The number of aliphatic hydroxyl groups excluding tert-OH is 1. The van der Waals surface area contributed by atoms with Crippen LogP contribution in [0.1, 0.15) is 38.2 Å². The average molecular weight is 222 g/mol. The zero-order chi connectivity index (χ0) is 11.5. The molecule has 0 aromatic carbocycles. The monoisotopic (exact) mass is 222 g/mol. The van der Waals surface area contributed by atoms with E-state index in [0.29, 0.717) is 5.92 Å². The molecule has 0 saturated heterocycles. The standard InChI is InChI=1S/C13H22N2O/c1-3-10-4-5-13(16)12(6-10)7-11-8-14-15(2)9-11/h8-10,12-13,16H,3-7H2,1-2H3. The fraction of sp³-hybridized carbons (Fsp3) is 0.769.